The summed E-state index contributed by atoms with van der Waals surface area (Å²) >= 11 is 0. The lowest BCUT2D eigenvalue weighted by molar-refractivity contribution is -0.0138. The maximum absolute atomic E-state index is 8.60. The van der Waals surface area contributed by atoms with Crippen LogP contribution in [-0.2, 0) is 4.74 Å². The van der Waals surface area contributed by atoms with Gasteiger partial charge in [-0.25, -0.2) is 0 Å². The Morgan fingerprint density at radius 3 is 2.22 bits per heavy atom. The van der Waals surface area contributed by atoms with Crippen molar-refractivity contribution in [1.82, 2.24) is 0 Å². The third-order valence-corrected chi connectivity index (χ3v) is 1.62. The van der Waals surface area contributed by atoms with E-state index in [9.17, 15) is 0 Å². The van der Waals surface area contributed by atoms with E-state index in [1.165, 1.54) is 0 Å². The Labute approximate surface area is 55.8 Å². The summed E-state index contributed by atoms with van der Waals surface area (Å²) in [5.41, 5.74) is 5.06. The van der Waals surface area contributed by atoms with Crippen LogP contribution in [-0.4, -0.2) is 30.5 Å². The highest BCUT2D eigenvalue weighted by Gasteiger charge is 2.24. The van der Waals surface area contributed by atoms with Crippen LogP contribution in [0.4, 0.5) is 0 Å². The molecule has 0 saturated carbocycles. The number of ether oxygens (including phenoxy) is 1. The zero-order chi connectivity index (χ0) is 7.49. The van der Waals surface area contributed by atoms with Crippen molar-refractivity contribution in [3.63, 3.8) is 0 Å². The highest BCUT2D eigenvalue weighted by atomic mass is 16.5. The van der Waals surface area contributed by atoms with Crippen molar-refractivity contribution in [2.45, 2.75) is 25.5 Å². The van der Waals surface area contributed by atoms with Gasteiger partial charge >= 0.3 is 0 Å². The Balaban J connectivity index is 3.80. The van der Waals surface area contributed by atoms with Crippen LogP contribution in [0.25, 0.3) is 0 Å². The maximum Gasteiger partial charge on any atom is 0.0795 e. The molecule has 0 amide bonds. The largest absolute Gasteiger partial charge is 0.395 e. The molecule has 56 valence electrons. The molecule has 3 nitrogen and oxygen atoms in total. The number of hydrogen-bond acceptors (Lipinski definition) is 3. The number of nitrogens with two attached hydrogens (primary N) is 1. The predicted molar refractivity (Wildman–Crippen MR) is 36.1 cm³/mol. The second kappa shape index (κ2) is 3.15. The first kappa shape index (κ1) is 8.88. The lowest BCUT2D eigenvalue weighted by atomic mass is 10.0. The van der Waals surface area contributed by atoms with Crippen molar-refractivity contribution >= 4 is 0 Å². The van der Waals surface area contributed by atoms with Gasteiger partial charge in [0, 0.05) is 7.11 Å². The first-order chi connectivity index (χ1) is 4.04. The smallest absolute Gasteiger partial charge is 0.0795 e. The number of aliphatic hydroxyl groups excluding tert-OH is 1. The fraction of sp³-hybridized carbons (Fsp3) is 1.00. The molecular formula is C6H15NO2. The second-order valence-corrected chi connectivity index (χ2v) is 2.60. The topological polar surface area (TPSA) is 55.5 Å². The minimum absolute atomic E-state index is 0.0408. The first-order valence-corrected chi connectivity index (χ1v) is 2.96. The summed E-state index contributed by atoms with van der Waals surface area (Å²) in [6.07, 6.45) is 0. The molecule has 0 aliphatic carbocycles. The number of methoxy groups -OCH3 is 1. The van der Waals surface area contributed by atoms with E-state index >= 15 is 0 Å². The Bertz CT molecular complexity index is 83.1. The molecule has 1 unspecified atom stereocenters. The zero-order valence-electron chi connectivity index (χ0n) is 6.22. The molecule has 0 aliphatic heterocycles. The third kappa shape index (κ3) is 2.30. The van der Waals surface area contributed by atoms with Gasteiger partial charge in [-0.1, -0.05) is 0 Å². The van der Waals surface area contributed by atoms with Gasteiger partial charge in [0.05, 0.1) is 18.2 Å². The number of rotatable bonds is 3. The molecule has 0 fully saturated rings. The third-order valence-electron chi connectivity index (χ3n) is 1.62. The molecule has 0 aromatic heterocycles. The highest BCUT2D eigenvalue weighted by molar-refractivity contribution is 4.81. The molecule has 0 rings (SSSR count). The fourth-order valence-corrected chi connectivity index (χ4v) is 0.371. The number of aliphatic hydroxyl groups is 1. The van der Waals surface area contributed by atoms with Crippen LogP contribution < -0.4 is 5.73 Å². The lowest BCUT2D eigenvalue weighted by Crippen LogP contribution is -2.47. The Morgan fingerprint density at radius 2 is 2.11 bits per heavy atom. The van der Waals surface area contributed by atoms with Gasteiger partial charge in [-0.05, 0) is 13.8 Å². The summed E-state index contributed by atoms with van der Waals surface area (Å²) in [4.78, 5) is 0. The van der Waals surface area contributed by atoms with Gasteiger partial charge < -0.3 is 15.6 Å². The van der Waals surface area contributed by atoms with E-state index in [0.29, 0.717) is 0 Å². The van der Waals surface area contributed by atoms with E-state index in [-0.39, 0.29) is 12.6 Å². The summed E-state index contributed by atoms with van der Waals surface area (Å²) in [6.45, 7) is 3.64. The molecule has 3 heteroatoms. The monoisotopic (exact) mass is 133 g/mol. The predicted octanol–water partition coefficient (Wildman–Crippen LogP) is -0.269. The van der Waals surface area contributed by atoms with Gasteiger partial charge in [-0.15, -0.1) is 0 Å². The number of hydrogen-bond donors (Lipinski definition) is 2. The Hall–Kier alpha value is -0.120. The van der Waals surface area contributed by atoms with E-state index in [4.69, 9.17) is 15.6 Å². The van der Waals surface area contributed by atoms with Gasteiger partial charge in [-0.3, -0.25) is 0 Å². The highest BCUT2D eigenvalue weighted by Crippen LogP contribution is 2.10. The van der Waals surface area contributed by atoms with Crippen molar-refractivity contribution in [3.8, 4) is 0 Å². The lowest BCUT2D eigenvalue weighted by Gasteiger charge is -2.28. The van der Waals surface area contributed by atoms with Gasteiger partial charge in [0.2, 0.25) is 0 Å². The summed E-state index contributed by atoms with van der Waals surface area (Å²) in [5.74, 6) is 0. The van der Waals surface area contributed by atoms with Crippen LogP contribution in [0.15, 0.2) is 0 Å². The molecule has 0 radical (unpaired) electrons. The molecule has 0 aliphatic rings. The van der Waals surface area contributed by atoms with E-state index in [1.54, 1.807) is 7.11 Å². The quantitative estimate of drug-likeness (QED) is 0.557. The summed E-state index contributed by atoms with van der Waals surface area (Å²) in [5, 5.41) is 8.60. The normalized spacial score (nSPS) is 15.7. The molecule has 0 bridgehead atoms. The molecule has 0 aromatic rings. The van der Waals surface area contributed by atoms with Crippen molar-refractivity contribution in [3.05, 3.63) is 0 Å². The van der Waals surface area contributed by atoms with Crippen molar-refractivity contribution in [2.75, 3.05) is 13.7 Å². The molecule has 3 N–H and O–H groups in total. The zero-order valence-corrected chi connectivity index (χ0v) is 6.22. The molecule has 0 heterocycles. The summed E-state index contributed by atoms with van der Waals surface area (Å²) in [6, 6.07) is -0.303. The summed E-state index contributed by atoms with van der Waals surface area (Å²) in [7, 11) is 1.58. The minimum Gasteiger partial charge on any atom is -0.395 e. The fourth-order valence-electron chi connectivity index (χ4n) is 0.371. The van der Waals surface area contributed by atoms with E-state index in [0.717, 1.165) is 0 Å². The van der Waals surface area contributed by atoms with E-state index < -0.39 is 5.60 Å². The minimum atomic E-state index is -0.422. The van der Waals surface area contributed by atoms with E-state index in [2.05, 4.69) is 0 Å². The van der Waals surface area contributed by atoms with Gasteiger partial charge in [-0.2, -0.15) is 0 Å². The van der Waals surface area contributed by atoms with Crippen LogP contribution in [0.1, 0.15) is 13.8 Å². The average Bonchev–Trinajstić information content (AvgIpc) is 1.86. The first-order valence-electron chi connectivity index (χ1n) is 2.96. The average molecular weight is 133 g/mol. The molecule has 9 heavy (non-hydrogen) atoms. The van der Waals surface area contributed by atoms with Crippen LogP contribution >= 0.6 is 0 Å². The van der Waals surface area contributed by atoms with Crippen LogP contribution in [0, 0.1) is 0 Å². The van der Waals surface area contributed by atoms with E-state index in [1.807, 2.05) is 13.8 Å². The standard InChI is InChI=1S/C6H15NO2/c1-6(2,9-3)5(7)4-8/h5,8H,4,7H2,1-3H3. The van der Waals surface area contributed by atoms with Gasteiger partial charge in [0.15, 0.2) is 0 Å². The Kier molecular flexibility index (Phi) is 3.11. The van der Waals surface area contributed by atoms with Crippen LogP contribution in [0.5, 0.6) is 0 Å². The Morgan fingerprint density at radius 1 is 1.67 bits per heavy atom. The van der Waals surface area contributed by atoms with Gasteiger partial charge in [0.1, 0.15) is 0 Å². The van der Waals surface area contributed by atoms with Crippen LogP contribution in [0.3, 0.4) is 0 Å². The molecule has 0 saturated heterocycles. The SMILES string of the molecule is COC(C)(C)C(N)CO. The van der Waals surface area contributed by atoms with Crippen molar-refractivity contribution < 1.29 is 9.84 Å². The second-order valence-electron chi connectivity index (χ2n) is 2.60. The van der Waals surface area contributed by atoms with Crippen molar-refractivity contribution in [2.24, 2.45) is 5.73 Å². The molecular weight excluding hydrogens is 118 g/mol. The van der Waals surface area contributed by atoms with Crippen LogP contribution in [0.2, 0.25) is 0 Å². The molecule has 1 atom stereocenters. The van der Waals surface area contributed by atoms with Crippen molar-refractivity contribution in [1.29, 1.82) is 0 Å². The van der Waals surface area contributed by atoms with Gasteiger partial charge in [0.25, 0.3) is 0 Å². The summed E-state index contributed by atoms with van der Waals surface area (Å²) < 4.78 is 5.01. The molecule has 0 aromatic carbocycles. The maximum atomic E-state index is 8.60. The molecule has 0 spiro atoms.